The van der Waals surface area contributed by atoms with Gasteiger partial charge in [-0.3, -0.25) is 4.79 Å². The lowest BCUT2D eigenvalue weighted by molar-refractivity contribution is -0.119. The lowest BCUT2D eigenvalue weighted by Gasteiger charge is -2.11. The first-order valence-corrected chi connectivity index (χ1v) is 8.22. The third-order valence-electron chi connectivity index (χ3n) is 3.64. The van der Waals surface area contributed by atoms with Crippen molar-refractivity contribution in [3.63, 3.8) is 0 Å². The van der Waals surface area contributed by atoms with Crippen LogP contribution in [0.4, 0.5) is 5.69 Å². The molecule has 0 radical (unpaired) electrons. The van der Waals surface area contributed by atoms with E-state index in [2.05, 4.69) is 5.32 Å². The van der Waals surface area contributed by atoms with E-state index in [-0.39, 0.29) is 12.2 Å². The molecule has 0 bridgehead atoms. The Morgan fingerprint density at radius 1 is 0.923 bits per heavy atom. The van der Waals surface area contributed by atoms with Gasteiger partial charge in [-0.1, -0.05) is 29.8 Å². The first kappa shape index (κ1) is 19.2. The van der Waals surface area contributed by atoms with Crippen molar-refractivity contribution >= 4 is 23.5 Å². The zero-order valence-electron chi connectivity index (χ0n) is 15.0. The highest BCUT2D eigenvalue weighted by molar-refractivity contribution is 6.02. The van der Waals surface area contributed by atoms with E-state index in [0.717, 1.165) is 11.1 Å². The van der Waals surface area contributed by atoms with Gasteiger partial charge >= 0.3 is 11.9 Å². The number of carbonyl (C=O) groups is 3. The lowest BCUT2D eigenvalue weighted by Crippen LogP contribution is -2.22. The van der Waals surface area contributed by atoms with Crippen molar-refractivity contribution in [3.8, 4) is 0 Å². The minimum absolute atomic E-state index is 0.231. The van der Waals surface area contributed by atoms with Gasteiger partial charge in [0.05, 0.1) is 23.4 Å². The monoisotopic (exact) mass is 355 g/mol. The summed E-state index contributed by atoms with van der Waals surface area (Å²) < 4.78 is 10.0. The van der Waals surface area contributed by atoms with E-state index in [1.807, 2.05) is 19.1 Å². The number of benzene rings is 2. The SMILES string of the molecule is CCOC(=O)c1ccccc1NC(=O)COC(=O)c1cc(C)ccc1C. The summed E-state index contributed by atoms with van der Waals surface area (Å²) in [5.74, 6) is -1.64. The summed E-state index contributed by atoms with van der Waals surface area (Å²) >= 11 is 0. The van der Waals surface area contributed by atoms with Crippen molar-refractivity contribution in [1.82, 2.24) is 0 Å². The summed E-state index contributed by atoms with van der Waals surface area (Å²) in [5, 5.41) is 2.57. The van der Waals surface area contributed by atoms with Gasteiger partial charge in [0.25, 0.3) is 5.91 Å². The molecular weight excluding hydrogens is 334 g/mol. The average molecular weight is 355 g/mol. The minimum atomic E-state index is -0.569. The summed E-state index contributed by atoms with van der Waals surface area (Å²) in [5.41, 5.74) is 2.66. The van der Waals surface area contributed by atoms with Gasteiger partial charge in [0, 0.05) is 0 Å². The highest BCUT2D eigenvalue weighted by Gasteiger charge is 2.16. The molecule has 0 saturated carbocycles. The largest absolute Gasteiger partial charge is 0.462 e. The van der Waals surface area contributed by atoms with Crippen LogP contribution < -0.4 is 5.32 Å². The van der Waals surface area contributed by atoms with Gasteiger partial charge in [-0.25, -0.2) is 9.59 Å². The number of hydrogen-bond donors (Lipinski definition) is 1. The number of para-hydroxylation sites is 1. The van der Waals surface area contributed by atoms with E-state index >= 15 is 0 Å². The average Bonchev–Trinajstić information content (AvgIpc) is 2.62. The van der Waals surface area contributed by atoms with Crippen LogP contribution in [-0.4, -0.2) is 31.1 Å². The second-order valence-corrected chi connectivity index (χ2v) is 5.71. The third-order valence-corrected chi connectivity index (χ3v) is 3.64. The van der Waals surface area contributed by atoms with E-state index < -0.39 is 24.5 Å². The summed E-state index contributed by atoms with van der Waals surface area (Å²) in [4.78, 5) is 36.2. The summed E-state index contributed by atoms with van der Waals surface area (Å²) in [6, 6.07) is 11.9. The second kappa shape index (κ2) is 8.80. The Hall–Kier alpha value is -3.15. The Labute approximate surface area is 152 Å². The number of hydrogen-bond acceptors (Lipinski definition) is 5. The van der Waals surface area contributed by atoms with E-state index in [1.165, 1.54) is 0 Å². The molecule has 0 aromatic heterocycles. The summed E-state index contributed by atoms with van der Waals surface area (Å²) in [6.07, 6.45) is 0. The van der Waals surface area contributed by atoms with E-state index in [1.54, 1.807) is 44.2 Å². The van der Waals surface area contributed by atoms with E-state index in [0.29, 0.717) is 11.3 Å². The van der Waals surface area contributed by atoms with Gasteiger partial charge in [0.15, 0.2) is 6.61 Å². The van der Waals surface area contributed by atoms with Crippen LogP contribution in [0.2, 0.25) is 0 Å². The molecule has 0 fully saturated rings. The fraction of sp³-hybridized carbons (Fsp3) is 0.250. The van der Waals surface area contributed by atoms with Crippen molar-refractivity contribution in [2.24, 2.45) is 0 Å². The predicted molar refractivity (Wildman–Crippen MR) is 97.2 cm³/mol. The molecule has 0 spiro atoms. The molecule has 2 aromatic rings. The van der Waals surface area contributed by atoms with Gasteiger partial charge in [0.2, 0.25) is 0 Å². The third kappa shape index (κ3) is 4.92. The lowest BCUT2D eigenvalue weighted by atomic mass is 10.1. The molecule has 0 aliphatic heterocycles. The van der Waals surface area contributed by atoms with E-state index in [4.69, 9.17) is 9.47 Å². The maximum absolute atomic E-state index is 12.2. The van der Waals surface area contributed by atoms with Gasteiger partial charge in [0.1, 0.15) is 0 Å². The number of ether oxygens (including phenoxy) is 2. The van der Waals surface area contributed by atoms with Crippen molar-refractivity contribution in [3.05, 3.63) is 64.7 Å². The minimum Gasteiger partial charge on any atom is -0.462 e. The Morgan fingerprint density at radius 2 is 1.62 bits per heavy atom. The Kier molecular flexibility index (Phi) is 6.49. The molecule has 26 heavy (non-hydrogen) atoms. The zero-order valence-corrected chi connectivity index (χ0v) is 15.0. The first-order chi connectivity index (χ1) is 12.4. The standard InChI is InChI=1S/C20H21NO5/c1-4-25-19(23)15-7-5-6-8-17(15)21-18(22)12-26-20(24)16-11-13(2)9-10-14(16)3/h5-11H,4,12H2,1-3H3,(H,21,22). The van der Waals surface area contributed by atoms with Crippen LogP contribution in [0.25, 0.3) is 0 Å². The smallest absolute Gasteiger partial charge is 0.340 e. The quantitative estimate of drug-likeness (QED) is 0.804. The second-order valence-electron chi connectivity index (χ2n) is 5.71. The highest BCUT2D eigenvalue weighted by atomic mass is 16.5. The van der Waals surface area contributed by atoms with Gasteiger partial charge in [-0.2, -0.15) is 0 Å². The van der Waals surface area contributed by atoms with Crippen molar-refractivity contribution in [2.45, 2.75) is 20.8 Å². The Morgan fingerprint density at radius 3 is 2.35 bits per heavy atom. The molecule has 0 aliphatic rings. The number of amides is 1. The Balaban J connectivity index is 2.00. The maximum atomic E-state index is 12.2. The molecular formula is C20H21NO5. The fourth-order valence-electron chi connectivity index (χ4n) is 2.33. The highest BCUT2D eigenvalue weighted by Crippen LogP contribution is 2.16. The number of aryl methyl sites for hydroxylation is 2. The van der Waals surface area contributed by atoms with Crippen LogP contribution >= 0.6 is 0 Å². The summed E-state index contributed by atoms with van der Waals surface area (Å²) in [7, 11) is 0. The van der Waals surface area contributed by atoms with Crippen molar-refractivity contribution < 1.29 is 23.9 Å². The summed E-state index contributed by atoms with van der Waals surface area (Å²) in [6.45, 7) is 5.14. The van der Waals surface area contributed by atoms with Crippen LogP contribution in [0.15, 0.2) is 42.5 Å². The molecule has 6 heteroatoms. The molecule has 0 saturated heterocycles. The zero-order chi connectivity index (χ0) is 19.1. The molecule has 6 nitrogen and oxygen atoms in total. The van der Waals surface area contributed by atoms with Gasteiger partial charge in [-0.05, 0) is 44.5 Å². The Bertz CT molecular complexity index is 829. The molecule has 0 heterocycles. The van der Waals surface area contributed by atoms with Crippen LogP contribution in [-0.2, 0) is 14.3 Å². The van der Waals surface area contributed by atoms with Gasteiger partial charge in [-0.15, -0.1) is 0 Å². The maximum Gasteiger partial charge on any atom is 0.340 e. The normalized spacial score (nSPS) is 10.1. The molecule has 2 rings (SSSR count). The molecule has 0 aliphatic carbocycles. The van der Waals surface area contributed by atoms with Crippen molar-refractivity contribution in [1.29, 1.82) is 0 Å². The molecule has 0 unspecified atom stereocenters. The van der Waals surface area contributed by atoms with Gasteiger partial charge < -0.3 is 14.8 Å². The topological polar surface area (TPSA) is 81.7 Å². The molecule has 136 valence electrons. The van der Waals surface area contributed by atoms with Crippen LogP contribution in [0.5, 0.6) is 0 Å². The molecule has 1 N–H and O–H groups in total. The predicted octanol–water partition coefficient (Wildman–Crippen LogP) is 3.28. The first-order valence-electron chi connectivity index (χ1n) is 8.22. The number of nitrogens with one attached hydrogen (secondary N) is 1. The van der Waals surface area contributed by atoms with E-state index in [9.17, 15) is 14.4 Å². The molecule has 1 amide bonds. The number of esters is 2. The van der Waals surface area contributed by atoms with Crippen LogP contribution in [0, 0.1) is 13.8 Å². The van der Waals surface area contributed by atoms with Crippen molar-refractivity contribution in [2.75, 3.05) is 18.5 Å². The number of anilines is 1. The number of carbonyl (C=O) groups excluding carboxylic acids is 3. The molecule has 2 aromatic carbocycles. The molecule has 0 atom stereocenters. The van der Waals surface area contributed by atoms with Crippen LogP contribution in [0.1, 0.15) is 38.8 Å². The van der Waals surface area contributed by atoms with Crippen LogP contribution in [0.3, 0.4) is 0 Å². The number of rotatable bonds is 6. The fourth-order valence-corrected chi connectivity index (χ4v) is 2.33.